The number of anilines is 1. The van der Waals surface area contributed by atoms with Crippen molar-refractivity contribution >= 4 is 27.4 Å². The highest BCUT2D eigenvalue weighted by atomic mass is 32.1. The van der Waals surface area contributed by atoms with Crippen LogP contribution in [0.15, 0.2) is 6.33 Å². The Morgan fingerprint density at radius 2 is 1.85 bits per heavy atom. The van der Waals surface area contributed by atoms with Gasteiger partial charge in [-0.25, -0.2) is 9.97 Å². The third-order valence-electron chi connectivity index (χ3n) is 5.42. The Kier molecular flexibility index (Phi) is 4.81. The number of alkyl halides is 3. The molecule has 1 unspecified atom stereocenters. The highest BCUT2D eigenvalue weighted by Gasteiger charge is 2.30. The second-order valence-corrected chi connectivity index (χ2v) is 8.69. The number of aromatic nitrogens is 2. The van der Waals surface area contributed by atoms with Gasteiger partial charge in [0.15, 0.2) is 0 Å². The molecule has 8 heteroatoms. The summed E-state index contributed by atoms with van der Waals surface area (Å²) in [5.41, 5.74) is 1.39. The van der Waals surface area contributed by atoms with Crippen LogP contribution in [0.1, 0.15) is 43.0 Å². The highest BCUT2D eigenvalue weighted by Crippen LogP contribution is 2.41. The van der Waals surface area contributed by atoms with Gasteiger partial charge in [0.1, 0.15) is 17.0 Å². The van der Waals surface area contributed by atoms with Crippen molar-refractivity contribution in [1.29, 1.82) is 0 Å². The second-order valence-electron chi connectivity index (χ2n) is 7.61. The lowest BCUT2D eigenvalue weighted by Crippen LogP contribution is -2.41. The van der Waals surface area contributed by atoms with E-state index in [1.54, 1.807) is 17.7 Å². The summed E-state index contributed by atoms with van der Waals surface area (Å²) in [6.07, 6.45) is 2.86. The average Bonchev–Trinajstić information content (AvgIpc) is 3.09. The zero-order valence-electron chi connectivity index (χ0n) is 14.7. The van der Waals surface area contributed by atoms with Crippen LogP contribution < -0.4 is 10.6 Å². The number of thiophene rings is 1. The summed E-state index contributed by atoms with van der Waals surface area (Å²) in [5, 5.41) is 7.35. The fourth-order valence-electron chi connectivity index (χ4n) is 4.16. The van der Waals surface area contributed by atoms with E-state index < -0.39 is 12.7 Å². The molecule has 1 atom stereocenters. The average molecular weight is 384 g/mol. The lowest BCUT2D eigenvalue weighted by atomic mass is 9.91. The molecule has 2 heterocycles. The zero-order chi connectivity index (χ0) is 18.3. The first-order chi connectivity index (χ1) is 12.4. The molecule has 0 aliphatic heterocycles. The predicted octanol–water partition coefficient (Wildman–Crippen LogP) is 4.30. The summed E-state index contributed by atoms with van der Waals surface area (Å²) in [5.74, 6) is 1.57. The van der Waals surface area contributed by atoms with Gasteiger partial charge in [0.25, 0.3) is 0 Å². The van der Waals surface area contributed by atoms with E-state index in [0.29, 0.717) is 5.92 Å². The molecule has 4 nitrogen and oxygen atoms in total. The Bertz CT molecular complexity index is 781. The predicted molar refractivity (Wildman–Crippen MR) is 97.7 cm³/mol. The van der Waals surface area contributed by atoms with Gasteiger partial charge in [-0.05, 0) is 50.0 Å². The van der Waals surface area contributed by atoms with Crippen LogP contribution in [0, 0.1) is 5.92 Å². The molecule has 26 heavy (non-hydrogen) atoms. The first-order valence-electron chi connectivity index (χ1n) is 9.21. The SMILES string of the molecule is CC1Cc2sc3ncnc(NC4CCC(NCC(F)(F)F)CC4)c3c2C1. The zero-order valence-corrected chi connectivity index (χ0v) is 15.5. The van der Waals surface area contributed by atoms with Crippen LogP contribution in [0.3, 0.4) is 0 Å². The number of hydrogen-bond donors (Lipinski definition) is 2. The van der Waals surface area contributed by atoms with E-state index in [0.717, 1.165) is 54.6 Å². The smallest absolute Gasteiger partial charge is 0.367 e. The van der Waals surface area contributed by atoms with Crippen molar-refractivity contribution in [1.82, 2.24) is 15.3 Å². The minimum absolute atomic E-state index is 0.0497. The number of fused-ring (bicyclic) bond motifs is 3. The third-order valence-corrected chi connectivity index (χ3v) is 6.58. The topological polar surface area (TPSA) is 49.8 Å². The summed E-state index contributed by atoms with van der Waals surface area (Å²) in [6.45, 7) is 1.37. The summed E-state index contributed by atoms with van der Waals surface area (Å²) >= 11 is 1.77. The summed E-state index contributed by atoms with van der Waals surface area (Å²) in [6, 6.07) is 0.206. The van der Waals surface area contributed by atoms with Crippen LogP contribution >= 0.6 is 11.3 Å². The van der Waals surface area contributed by atoms with Crippen LogP contribution in [0.4, 0.5) is 19.0 Å². The molecule has 142 valence electrons. The molecule has 0 saturated heterocycles. The fraction of sp³-hybridized carbons (Fsp3) is 0.667. The molecular formula is C18H23F3N4S. The van der Waals surface area contributed by atoms with Gasteiger partial charge in [0, 0.05) is 17.0 Å². The molecule has 1 saturated carbocycles. The van der Waals surface area contributed by atoms with Crippen molar-refractivity contribution in [3.05, 3.63) is 16.8 Å². The first kappa shape index (κ1) is 18.0. The molecule has 0 spiro atoms. The van der Waals surface area contributed by atoms with Crippen molar-refractivity contribution < 1.29 is 13.2 Å². The minimum atomic E-state index is -4.14. The molecule has 0 radical (unpaired) electrons. The van der Waals surface area contributed by atoms with Crippen molar-refractivity contribution in [2.24, 2.45) is 5.92 Å². The van der Waals surface area contributed by atoms with Gasteiger partial charge in [-0.1, -0.05) is 6.92 Å². The first-order valence-corrected chi connectivity index (χ1v) is 10.0. The molecular weight excluding hydrogens is 361 g/mol. The van der Waals surface area contributed by atoms with Crippen molar-refractivity contribution in [2.75, 3.05) is 11.9 Å². The van der Waals surface area contributed by atoms with Crippen LogP contribution in [-0.4, -0.2) is 34.8 Å². The lowest BCUT2D eigenvalue weighted by Gasteiger charge is -2.30. The standard InChI is InChI=1S/C18H23F3N4S/c1-10-6-13-14(7-10)26-17-15(13)16(23-9-24-17)25-12-4-2-11(3-5-12)22-8-18(19,20)21/h9-12,22H,2-8H2,1H3,(H,23,24,25). The van der Waals surface area contributed by atoms with Crippen LogP contribution in [0.2, 0.25) is 0 Å². The van der Waals surface area contributed by atoms with Crippen molar-refractivity contribution in [2.45, 2.75) is 63.7 Å². The Balaban J connectivity index is 1.41. The Hall–Kier alpha value is -1.41. The van der Waals surface area contributed by atoms with E-state index in [2.05, 4.69) is 27.5 Å². The summed E-state index contributed by atoms with van der Waals surface area (Å²) in [7, 11) is 0. The maximum atomic E-state index is 12.3. The van der Waals surface area contributed by atoms with E-state index >= 15 is 0 Å². The van der Waals surface area contributed by atoms with Crippen molar-refractivity contribution in [3.63, 3.8) is 0 Å². The van der Waals surface area contributed by atoms with E-state index in [1.807, 2.05) is 0 Å². The molecule has 2 aromatic heterocycles. The summed E-state index contributed by atoms with van der Waals surface area (Å²) in [4.78, 5) is 11.4. The van der Waals surface area contributed by atoms with E-state index in [1.165, 1.54) is 10.4 Å². The molecule has 0 bridgehead atoms. The van der Waals surface area contributed by atoms with Gasteiger partial charge >= 0.3 is 6.18 Å². The van der Waals surface area contributed by atoms with Gasteiger partial charge in [0.2, 0.25) is 0 Å². The van der Waals surface area contributed by atoms with E-state index in [9.17, 15) is 13.2 Å². The molecule has 2 aromatic rings. The van der Waals surface area contributed by atoms with Gasteiger partial charge in [0.05, 0.1) is 11.9 Å². The number of halogens is 3. The Morgan fingerprint density at radius 3 is 2.58 bits per heavy atom. The van der Waals surface area contributed by atoms with Gasteiger partial charge in [-0.2, -0.15) is 13.2 Å². The van der Waals surface area contributed by atoms with Gasteiger partial charge in [-0.15, -0.1) is 11.3 Å². The molecule has 0 amide bonds. The molecule has 2 aliphatic carbocycles. The fourth-order valence-corrected chi connectivity index (χ4v) is 5.49. The normalized spacial score (nSPS) is 26.2. The molecule has 4 rings (SSSR count). The Labute approximate surface area is 154 Å². The van der Waals surface area contributed by atoms with E-state index in [4.69, 9.17) is 0 Å². The number of rotatable bonds is 4. The van der Waals surface area contributed by atoms with Crippen LogP contribution in [0.5, 0.6) is 0 Å². The molecule has 1 fully saturated rings. The third kappa shape index (κ3) is 3.81. The lowest BCUT2D eigenvalue weighted by molar-refractivity contribution is -0.126. The monoisotopic (exact) mass is 384 g/mol. The van der Waals surface area contributed by atoms with Crippen LogP contribution in [0.25, 0.3) is 10.2 Å². The van der Waals surface area contributed by atoms with Crippen LogP contribution in [-0.2, 0) is 12.8 Å². The molecule has 2 N–H and O–H groups in total. The number of nitrogens with zero attached hydrogens (tertiary/aromatic N) is 2. The summed E-state index contributed by atoms with van der Waals surface area (Å²) < 4.78 is 37.0. The Morgan fingerprint density at radius 1 is 1.12 bits per heavy atom. The number of nitrogens with one attached hydrogen (secondary N) is 2. The van der Waals surface area contributed by atoms with Gasteiger partial charge in [-0.3, -0.25) is 0 Å². The quantitative estimate of drug-likeness (QED) is 0.825. The van der Waals surface area contributed by atoms with Gasteiger partial charge < -0.3 is 10.6 Å². The molecule has 2 aliphatic rings. The van der Waals surface area contributed by atoms with Crippen molar-refractivity contribution in [3.8, 4) is 0 Å². The maximum absolute atomic E-state index is 12.3. The van der Waals surface area contributed by atoms with E-state index in [-0.39, 0.29) is 12.1 Å². The largest absolute Gasteiger partial charge is 0.401 e. The molecule has 0 aromatic carbocycles. The number of hydrogen-bond acceptors (Lipinski definition) is 5. The highest BCUT2D eigenvalue weighted by molar-refractivity contribution is 7.19. The minimum Gasteiger partial charge on any atom is -0.367 e. The second kappa shape index (κ2) is 6.96. The maximum Gasteiger partial charge on any atom is 0.401 e.